The predicted molar refractivity (Wildman–Crippen MR) is 126 cm³/mol. The molecule has 0 fully saturated rings. The average molecular weight is 445 g/mol. The molecular weight excluding hydrogens is 419 g/mol. The second kappa shape index (κ2) is 10.1. The molecule has 0 saturated carbocycles. The quantitative estimate of drug-likeness (QED) is 0.398. The molecule has 4 aromatic rings. The molecule has 1 aromatic heterocycles. The molecule has 0 aliphatic rings. The van der Waals surface area contributed by atoms with E-state index >= 15 is 0 Å². The Balaban J connectivity index is 1.65. The van der Waals surface area contributed by atoms with Crippen molar-refractivity contribution in [2.24, 2.45) is 0 Å². The third-order valence-corrected chi connectivity index (χ3v) is 5.32. The zero-order chi connectivity index (χ0) is 23.2. The molecule has 0 aliphatic heterocycles. The monoisotopic (exact) mass is 444 g/mol. The van der Waals surface area contributed by atoms with E-state index in [1.807, 2.05) is 54.0 Å². The summed E-state index contributed by atoms with van der Waals surface area (Å²) in [7, 11) is 0. The van der Waals surface area contributed by atoms with Crippen LogP contribution in [0.25, 0.3) is 11.0 Å². The molecule has 0 bridgehead atoms. The summed E-state index contributed by atoms with van der Waals surface area (Å²) in [6.07, 6.45) is 1.48. The summed E-state index contributed by atoms with van der Waals surface area (Å²) in [6, 6.07) is 21.9. The van der Waals surface area contributed by atoms with Crippen LogP contribution in [0.3, 0.4) is 0 Å². The van der Waals surface area contributed by atoms with Crippen LogP contribution in [-0.2, 0) is 11.3 Å². The van der Waals surface area contributed by atoms with Gasteiger partial charge in [0.1, 0.15) is 18.2 Å². The molecule has 2 N–H and O–H groups in total. The molecule has 168 valence electrons. The molecule has 7 heteroatoms. The lowest BCUT2D eigenvalue weighted by Crippen LogP contribution is -2.31. The van der Waals surface area contributed by atoms with Crippen molar-refractivity contribution >= 4 is 28.5 Å². The van der Waals surface area contributed by atoms with Crippen LogP contribution in [0.1, 0.15) is 42.0 Å². The molecule has 33 heavy (non-hydrogen) atoms. The molecule has 1 unspecified atom stereocenters. The lowest BCUT2D eigenvalue weighted by atomic mass is 10.1. The summed E-state index contributed by atoms with van der Waals surface area (Å²) in [5, 5.41) is 5.81. The van der Waals surface area contributed by atoms with Gasteiger partial charge >= 0.3 is 0 Å². The molecule has 0 saturated heterocycles. The van der Waals surface area contributed by atoms with Crippen molar-refractivity contribution in [3.05, 3.63) is 96.1 Å². The zero-order valence-corrected chi connectivity index (χ0v) is 18.3. The minimum Gasteiger partial charge on any atom is -0.342 e. The molecule has 2 amide bonds. The summed E-state index contributed by atoms with van der Waals surface area (Å²) in [5.74, 6) is -0.323. The lowest BCUT2D eigenvalue weighted by molar-refractivity contribution is -0.116. The molecule has 4 rings (SSSR count). The van der Waals surface area contributed by atoms with Crippen molar-refractivity contribution in [1.82, 2.24) is 14.9 Å². The fraction of sp³-hybridized carbons (Fsp3) is 0.192. The number of fused-ring (bicyclic) bond motifs is 1. The fourth-order valence-electron chi connectivity index (χ4n) is 3.82. The van der Waals surface area contributed by atoms with Gasteiger partial charge in [0, 0.05) is 11.3 Å². The number of imidazole rings is 1. The van der Waals surface area contributed by atoms with Crippen molar-refractivity contribution in [3.63, 3.8) is 0 Å². The van der Waals surface area contributed by atoms with Crippen molar-refractivity contribution in [2.45, 2.75) is 32.4 Å². The van der Waals surface area contributed by atoms with Gasteiger partial charge in [-0.3, -0.25) is 9.59 Å². The van der Waals surface area contributed by atoms with Crippen LogP contribution < -0.4 is 10.6 Å². The average Bonchev–Trinajstić information content (AvgIpc) is 3.17. The van der Waals surface area contributed by atoms with E-state index in [9.17, 15) is 14.0 Å². The Morgan fingerprint density at radius 2 is 1.76 bits per heavy atom. The molecule has 1 heterocycles. The van der Waals surface area contributed by atoms with E-state index in [4.69, 9.17) is 4.98 Å². The molecule has 1 atom stereocenters. The van der Waals surface area contributed by atoms with Gasteiger partial charge in [0.05, 0.1) is 17.1 Å². The molecule has 0 aliphatic carbocycles. The van der Waals surface area contributed by atoms with E-state index in [2.05, 4.69) is 10.6 Å². The van der Waals surface area contributed by atoms with Gasteiger partial charge < -0.3 is 15.2 Å². The second-order valence-electron chi connectivity index (χ2n) is 7.78. The minimum absolute atomic E-state index is 0.0201. The highest BCUT2D eigenvalue weighted by Gasteiger charge is 2.23. The smallest absolute Gasteiger partial charge is 0.251 e. The van der Waals surface area contributed by atoms with Crippen LogP contribution in [0, 0.1) is 5.82 Å². The number of nitrogens with zero attached hydrogens (tertiary/aromatic N) is 2. The minimum atomic E-state index is -0.423. The number of aromatic nitrogens is 2. The molecule has 3 aromatic carbocycles. The van der Waals surface area contributed by atoms with Gasteiger partial charge in [-0.1, -0.05) is 49.7 Å². The molecule has 6 nitrogen and oxygen atoms in total. The third-order valence-electron chi connectivity index (χ3n) is 5.32. The van der Waals surface area contributed by atoms with E-state index < -0.39 is 5.82 Å². The Kier molecular flexibility index (Phi) is 6.78. The lowest BCUT2D eigenvalue weighted by Gasteiger charge is -2.20. The first-order chi connectivity index (χ1) is 16.0. The van der Waals surface area contributed by atoms with E-state index in [0.717, 1.165) is 17.5 Å². The van der Waals surface area contributed by atoms with Gasteiger partial charge in [0.25, 0.3) is 5.91 Å². The number of carbonyl (C=O) groups is 2. The number of nitrogens with one attached hydrogen (secondary N) is 2. The van der Waals surface area contributed by atoms with Gasteiger partial charge in [-0.05, 0) is 48.9 Å². The highest BCUT2D eigenvalue weighted by Crippen LogP contribution is 2.25. The van der Waals surface area contributed by atoms with Crippen LogP contribution >= 0.6 is 0 Å². The van der Waals surface area contributed by atoms with Crippen LogP contribution in [0.5, 0.6) is 0 Å². The number of anilines is 1. The summed E-state index contributed by atoms with van der Waals surface area (Å²) >= 11 is 0. The van der Waals surface area contributed by atoms with Gasteiger partial charge in [-0.2, -0.15) is 0 Å². The maximum atomic E-state index is 13.5. The first kappa shape index (κ1) is 22.2. The Morgan fingerprint density at radius 1 is 1.00 bits per heavy atom. The van der Waals surface area contributed by atoms with Crippen LogP contribution in [0.4, 0.5) is 10.1 Å². The Bertz CT molecular complexity index is 1270. The second-order valence-corrected chi connectivity index (χ2v) is 7.78. The summed E-state index contributed by atoms with van der Waals surface area (Å²) in [5.41, 5.74) is 2.47. The van der Waals surface area contributed by atoms with Gasteiger partial charge in [0.15, 0.2) is 0 Å². The van der Waals surface area contributed by atoms with Crippen molar-refractivity contribution < 1.29 is 14.0 Å². The SMILES string of the molecule is CCCC(NC(=O)c1ccccc1)c1nc2ccccc2n1CC(=O)Nc1cccc(F)c1. The number of benzene rings is 3. The summed E-state index contributed by atoms with van der Waals surface area (Å²) in [4.78, 5) is 30.5. The number of amides is 2. The Morgan fingerprint density at radius 3 is 2.52 bits per heavy atom. The van der Waals surface area contributed by atoms with Gasteiger partial charge in [0.2, 0.25) is 5.91 Å². The Hall–Kier alpha value is -4.00. The fourth-order valence-corrected chi connectivity index (χ4v) is 3.82. The zero-order valence-electron chi connectivity index (χ0n) is 18.3. The first-order valence-corrected chi connectivity index (χ1v) is 10.9. The van der Waals surface area contributed by atoms with Crippen LogP contribution in [0.15, 0.2) is 78.9 Å². The number of hydrogen-bond acceptors (Lipinski definition) is 3. The largest absolute Gasteiger partial charge is 0.342 e. The number of rotatable bonds is 8. The maximum Gasteiger partial charge on any atom is 0.251 e. The topological polar surface area (TPSA) is 76.0 Å². The molecular formula is C26H25FN4O2. The number of para-hydroxylation sites is 2. The van der Waals surface area contributed by atoms with E-state index in [0.29, 0.717) is 23.5 Å². The summed E-state index contributed by atoms with van der Waals surface area (Å²) < 4.78 is 15.3. The highest BCUT2D eigenvalue weighted by atomic mass is 19.1. The Labute approximate surface area is 191 Å². The number of carbonyl (C=O) groups excluding carboxylic acids is 2. The van der Waals surface area contributed by atoms with Crippen molar-refractivity contribution in [2.75, 3.05) is 5.32 Å². The predicted octanol–water partition coefficient (Wildman–Crippen LogP) is 5.09. The standard InChI is InChI=1S/C26H25FN4O2/c1-2-9-22(30-26(33)18-10-4-3-5-11-18)25-29-21-14-6-7-15-23(21)31(25)17-24(32)28-20-13-8-12-19(27)16-20/h3-8,10-16,22H,2,9,17H2,1H3,(H,28,32)(H,30,33). The van der Waals surface area contributed by atoms with E-state index in [1.165, 1.54) is 12.1 Å². The summed E-state index contributed by atoms with van der Waals surface area (Å²) in [6.45, 7) is 2.01. The van der Waals surface area contributed by atoms with Gasteiger partial charge in [-0.25, -0.2) is 9.37 Å². The molecule has 0 spiro atoms. The van der Waals surface area contributed by atoms with Crippen molar-refractivity contribution in [3.8, 4) is 0 Å². The van der Waals surface area contributed by atoms with E-state index in [1.54, 1.807) is 24.3 Å². The molecule has 0 radical (unpaired) electrons. The van der Waals surface area contributed by atoms with Gasteiger partial charge in [-0.15, -0.1) is 0 Å². The number of halogens is 1. The van der Waals surface area contributed by atoms with E-state index in [-0.39, 0.29) is 24.4 Å². The normalized spacial score (nSPS) is 11.8. The number of hydrogen-bond donors (Lipinski definition) is 2. The van der Waals surface area contributed by atoms with Crippen LogP contribution in [-0.4, -0.2) is 21.4 Å². The first-order valence-electron chi connectivity index (χ1n) is 10.9. The van der Waals surface area contributed by atoms with Crippen molar-refractivity contribution in [1.29, 1.82) is 0 Å². The van der Waals surface area contributed by atoms with Crippen LogP contribution in [0.2, 0.25) is 0 Å². The maximum absolute atomic E-state index is 13.5. The highest BCUT2D eigenvalue weighted by molar-refractivity contribution is 5.94. The third kappa shape index (κ3) is 5.26.